The molecule has 1 rings (SSSR count). The van der Waals surface area contributed by atoms with Crippen LogP contribution in [0.5, 0.6) is 0 Å². The van der Waals surface area contributed by atoms with Crippen LogP contribution in [-0.2, 0) is 9.53 Å². The van der Waals surface area contributed by atoms with Crippen molar-refractivity contribution >= 4 is 5.91 Å². The molecule has 1 amide bonds. The Hall–Kier alpha value is -0.610. The normalized spacial score (nSPS) is 33.6. The standard InChI is InChI=1S/C6H12N2O2/c1-10-6-3-4(7)2-5(9)8-6/h4,6H,2-3,7H2,1H3,(H,8,9). The molecule has 0 radical (unpaired) electrons. The highest BCUT2D eigenvalue weighted by Gasteiger charge is 2.22. The maximum atomic E-state index is 10.8. The van der Waals surface area contributed by atoms with Gasteiger partial charge in [0.15, 0.2) is 0 Å². The molecule has 2 unspecified atom stereocenters. The minimum absolute atomic E-state index is 0.0226. The van der Waals surface area contributed by atoms with Crippen molar-refractivity contribution in [1.29, 1.82) is 0 Å². The minimum atomic E-state index is -0.184. The average molecular weight is 144 g/mol. The van der Waals surface area contributed by atoms with E-state index in [1.54, 1.807) is 7.11 Å². The number of methoxy groups -OCH3 is 1. The number of nitrogens with one attached hydrogen (secondary N) is 1. The molecule has 0 aromatic heterocycles. The van der Waals surface area contributed by atoms with Crippen LogP contribution >= 0.6 is 0 Å². The molecule has 4 nitrogen and oxygen atoms in total. The van der Waals surface area contributed by atoms with Crippen molar-refractivity contribution in [2.75, 3.05) is 7.11 Å². The van der Waals surface area contributed by atoms with Crippen molar-refractivity contribution in [1.82, 2.24) is 5.32 Å². The monoisotopic (exact) mass is 144 g/mol. The maximum Gasteiger partial charge on any atom is 0.223 e. The van der Waals surface area contributed by atoms with Gasteiger partial charge in [-0.1, -0.05) is 0 Å². The highest BCUT2D eigenvalue weighted by atomic mass is 16.5. The van der Waals surface area contributed by atoms with Gasteiger partial charge in [0.2, 0.25) is 5.91 Å². The molecule has 1 aliphatic heterocycles. The number of hydrogen-bond acceptors (Lipinski definition) is 3. The number of carbonyl (C=O) groups excluding carboxylic acids is 1. The van der Waals surface area contributed by atoms with Crippen LogP contribution in [0.1, 0.15) is 12.8 Å². The highest BCUT2D eigenvalue weighted by molar-refractivity contribution is 5.77. The lowest BCUT2D eigenvalue weighted by atomic mass is 10.1. The third kappa shape index (κ3) is 1.68. The summed E-state index contributed by atoms with van der Waals surface area (Å²) in [4.78, 5) is 10.8. The van der Waals surface area contributed by atoms with E-state index in [4.69, 9.17) is 10.5 Å². The Morgan fingerprint density at radius 2 is 2.50 bits per heavy atom. The molecular weight excluding hydrogens is 132 g/mol. The number of amides is 1. The van der Waals surface area contributed by atoms with Gasteiger partial charge in [-0.3, -0.25) is 4.79 Å². The van der Waals surface area contributed by atoms with Crippen molar-refractivity contribution in [3.8, 4) is 0 Å². The van der Waals surface area contributed by atoms with Crippen molar-refractivity contribution < 1.29 is 9.53 Å². The fourth-order valence-electron chi connectivity index (χ4n) is 1.05. The summed E-state index contributed by atoms with van der Waals surface area (Å²) in [6.07, 6.45) is 0.943. The Morgan fingerprint density at radius 1 is 1.80 bits per heavy atom. The summed E-state index contributed by atoms with van der Waals surface area (Å²) in [5.74, 6) is -0.0226. The van der Waals surface area contributed by atoms with E-state index in [2.05, 4.69) is 5.32 Å². The summed E-state index contributed by atoms with van der Waals surface area (Å²) in [7, 11) is 1.56. The lowest BCUT2D eigenvalue weighted by Crippen LogP contribution is -2.48. The number of ether oxygens (including phenoxy) is 1. The van der Waals surface area contributed by atoms with Crippen LogP contribution < -0.4 is 11.1 Å². The predicted octanol–water partition coefficient (Wildman–Crippen LogP) is -0.804. The maximum absolute atomic E-state index is 10.8. The van der Waals surface area contributed by atoms with Gasteiger partial charge in [0.25, 0.3) is 0 Å². The van der Waals surface area contributed by atoms with E-state index in [1.807, 2.05) is 0 Å². The molecule has 1 heterocycles. The fraction of sp³-hybridized carbons (Fsp3) is 0.833. The van der Waals surface area contributed by atoms with E-state index in [9.17, 15) is 4.79 Å². The largest absolute Gasteiger partial charge is 0.362 e. The molecule has 0 bridgehead atoms. The van der Waals surface area contributed by atoms with Gasteiger partial charge in [-0.05, 0) is 0 Å². The molecule has 1 fully saturated rings. The molecule has 0 spiro atoms. The third-order valence-electron chi connectivity index (χ3n) is 1.57. The van der Waals surface area contributed by atoms with E-state index < -0.39 is 0 Å². The molecule has 4 heteroatoms. The average Bonchev–Trinajstić information content (AvgIpc) is 1.85. The summed E-state index contributed by atoms with van der Waals surface area (Å²) >= 11 is 0. The van der Waals surface area contributed by atoms with Gasteiger partial charge >= 0.3 is 0 Å². The predicted molar refractivity (Wildman–Crippen MR) is 36.1 cm³/mol. The second-order valence-electron chi connectivity index (χ2n) is 2.49. The Labute approximate surface area is 59.7 Å². The van der Waals surface area contributed by atoms with Gasteiger partial charge < -0.3 is 15.8 Å². The molecule has 1 aliphatic rings. The molecule has 3 N–H and O–H groups in total. The molecule has 58 valence electrons. The Kier molecular flexibility index (Phi) is 2.24. The summed E-state index contributed by atoms with van der Waals surface area (Å²) in [6, 6.07) is -0.0429. The van der Waals surface area contributed by atoms with E-state index in [0.717, 1.165) is 0 Å². The number of piperidine rings is 1. The van der Waals surface area contributed by atoms with E-state index in [-0.39, 0.29) is 18.2 Å². The third-order valence-corrected chi connectivity index (χ3v) is 1.57. The van der Waals surface area contributed by atoms with Gasteiger partial charge in [0.05, 0.1) is 0 Å². The smallest absolute Gasteiger partial charge is 0.223 e. The van der Waals surface area contributed by atoms with Crippen LogP contribution in [0.2, 0.25) is 0 Å². The summed E-state index contributed by atoms with van der Waals surface area (Å²) in [5.41, 5.74) is 5.55. The van der Waals surface area contributed by atoms with Crippen LogP contribution in [0.25, 0.3) is 0 Å². The fourth-order valence-corrected chi connectivity index (χ4v) is 1.05. The van der Waals surface area contributed by atoms with Gasteiger partial charge in [-0.2, -0.15) is 0 Å². The van der Waals surface area contributed by atoms with Crippen LogP contribution in [0.15, 0.2) is 0 Å². The first-order valence-corrected chi connectivity index (χ1v) is 3.30. The summed E-state index contributed by atoms with van der Waals surface area (Å²) < 4.78 is 4.92. The first-order valence-electron chi connectivity index (χ1n) is 3.30. The first-order chi connectivity index (χ1) is 4.72. The second-order valence-corrected chi connectivity index (χ2v) is 2.49. The number of rotatable bonds is 1. The first kappa shape index (κ1) is 7.50. The second kappa shape index (κ2) is 2.98. The zero-order valence-electron chi connectivity index (χ0n) is 5.96. The van der Waals surface area contributed by atoms with Crippen LogP contribution in [-0.4, -0.2) is 25.3 Å². The lowest BCUT2D eigenvalue weighted by molar-refractivity contribution is -0.128. The van der Waals surface area contributed by atoms with Gasteiger partial charge in [-0.15, -0.1) is 0 Å². The van der Waals surface area contributed by atoms with Gasteiger partial charge in [0, 0.05) is 26.0 Å². The minimum Gasteiger partial charge on any atom is -0.362 e. The van der Waals surface area contributed by atoms with Crippen molar-refractivity contribution in [2.24, 2.45) is 5.73 Å². The quantitative estimate of drug-likeness (QED) is 0.506. The zero-order valence-corrected chi connectivity index (χ0v) is 5.96. The molecule has 0 saturated carbocycles. The lowest BCUT2D eigenvalue weighted by Gasteiger charge is -2.25. The van der Waals surface area contributed by atoms with Crippen LogP contribution in [0.4, 0.5) is 0 Å². The van der Waals surface area contributed by atoms with Crippen LogP contribution in [0.3, 0.4) is 0 Å². The number of nitrogens with two attached hydrogens (primary N) is 1. The van der Waals surface area contributed by atoms with Gasteiger partial charge in [0.1, 0.15) is 6.23 Å². The Morgan fingerprint density at radius 3 is 3.00 bits per heavy atom. The molecule has 0 aliphatic carbocycles. The van der Waals surface area contributed by atoms with E-state index >= 15 is 0 Å². The summed E-state index contributed by atoms with van der Waals surface area (Å²) in [6.45, 7) is 0. The molecule has 0 aromatic carbocycles. The Bertz CT molecular complexity index is 138. The molecule has 2 atom stereocenters. The number of hydrogen-bond donors (Lipinski definition) is 2. The van der Waals surface area contributed by atoms with Gasteiger partial charge in [-0.25, -0.2) is 0 Å². The van der Waals surface area contributed by atoms with Crippen LogP contribution in [0, 0.1) is 0 Å². The molecule has 10 heavy (non-hydrogen) atoms. The van der Waals surface area contributed by atoms with E-state index in [1.165, 1.54) is 0 Å². The SMILES string of the molecule is COC1CC(N)CC(=O)N1. The van der Waals surface area contributed by atoms with E-state index in [0.29, 0.717) is 12.8 Å². The van der Waals surface area contributed by atoms with Crippen molar-refractivity contribution in [2.45, 2.75) is 25.1 Å². The van der Waals surface area contributed by atoms with Crippen molar-refractivity contribution in [3.63, 3.8) is 0 Å². The molecular formula is C6H12N2O2. The van der Waals surface area contributed by atoms with Crippen molar-refractivity contribution in [3.05, 3.63) is 0 Å². The zero-order chi connectivity index (χ0) is 7.56. The number of carbonyl (C=O) groups is 1. The Balaban J connectivity index is 2.42. The molecule has 1 saturated heterocycles. The highest BCUT2D eigenvalue weighted by Crippen LogP contribution is 2.06. The summed E-state index contributed by atoms with van der Waals surface area (Å²) in [5, 5.41) is 2.66. The topological polar surface area (TPSA) is 64.3 Å². The molecule has 0 aromatic rings.